The number of nitrogens with zero attached hydrogens (tertiary/aromatic N) is 1. The van der Waals surface area contributed by atoms with E-state index in [1.165, 1.54) is 25.9 Å². The van der Waals surface area contributed by atoms with E-state index < -0.39 is 0 Å². The van der Waals surface area contributed by atoms with Crippen LogP contribution in [0.5, 0.6) is 0 Å². The smallest absolute Gasteiger partial charge is 0.00910 e. The van der Waals surface area contributed by atoms with Crippen molar-refractivity contribution in [1.29, 1.82) is 0 Å². The van der Waals surface area contributed by atoms with Crippen LogP contribution in [0.1, 0.15) is 26.7 Å². The van der Waals surface area contributed by atoms with Crippen LogP contribution in [0.2, 0.25) is 0 Å². The number of hydrogen-bond acceptors (Lipinski definition) is 2. The lowest BCUT2D eigenvalue weighted by molar-refractivity contribution is 0.146. The van der Waals surface area contributed by atoms with Gasteiger partial charge in [0.05, 0.1) is 0 Å². The zero-order valence-electron chi connectivity index (χ0n) is 7.93. The summed E-state index contributed by atoms with van der Waals surface area (Å²) in [6.45, 7) is 7.05. The van der Waals surface area contributed by atoms with Crippen LogP contribution in [0.4, 0.5) is 0 Å². The van der Waals surface area contributed by atoms with Crippen LogP contribution >= 0.6 is 0 Å². The van der Waals surface area contributed by atoms with Crippen LogP contribution in [0.25, 0.3) is 0 Å². The number of piperidine rings is 1. The molecule has 11 heavy (non-hydrogen) atoms. The number of hydrogen-bond donors (Lipinski definition) is 1. The minimum absolute atomic E-state index is 0.757. The van der Waals surface area contributed by atoms with E-state index in [1.807, 2.05) is 0 Å². The molecule has 1 aliphatic heterocycles. The van der Waals surface area contributed by atoms with Gasteiger partial charge in [-0.2, -0.15) is 0 Å². The summed E-state index contributed by atoms with van der Waals surface area (Å²) >= 11 is 0. The van der Waals surface area contributed by atoms with Gasteiger partial charge in [0.15, 0.2) is 0 Å². The summed E-state index contributed by atoms with van der Waals surface area (Å²) in [5.41, 5.74) is 0. The van der Waals surface area contributed by atoms with Crippen molar-refractivity contribution < 1.29 is 0 Å². The van der Waals surface area contributed by atoms with Crippen molar-refractivity contribution in [1.82, 2.24) is 10.2 Å². The van der Waals surface area contributed by atoms with Gasteiger partial charge in [-0.1, -0.05) is 6.92 Å². The zero-order valence-corrected chi connectivity index (χ0v) is 7.93. The Morgan fingerprint density at radius 1 is 1.55 bits per heavy atom. The standard InChI is InChI=1S/C9H20N2/c1-4-11-6-5-9(10-3)7-8(11)2/h8-10H,4-7H2,1-3H3/t8-,9+/m0/s1. The third-order valence-corrected chi connectivity index (χ3v) is 2.83. The van der Waals surface area contributed by atoms with Crippen molar-refractivity contribution in [2.24, 2.45) is 0 Å². The van der Waals surface area contributed by atoms with Gasteiger partial charge in [-0.3, -0.25) is 0 Å². The normalized spacial score (nSPS) is 34.1. The Labute approximate surface area is 70.0 Å². The van der Waals surface area contributed by atoms with Crippen molar-refractivity contribution >= 4 is 0 Å². The second-order valence-corrected chi connectivity index (χ2v) is 3.49. The molecule has 2 heteroatoms. The Hall–Kier alpha value is -0.0800. The molecule has 0 unspecified atom stereocenters. The first kappa shape index (κ1) is 9.01. The molecule has 1 fully saturated rings. The summed E-state index contributed by atoms with van der Waals surface area (Å²) in [4.78, 5) is 2.55. The fraction of sp³-hybridized carbons (Fsp3) is 1.00. The lowest BCUT2D eigenvalue weighted by Gasteiger charge is -2.36. The second kappa shape index (κ2) is 4.07. The third-order valence-electron chi connectivity index (χ3n) is 2.83. The molecule has 1 aliphatic rings. The Morgan fingerprint density at radius 3 is 2.73 bits per heavy atom. The largest absolute Gasteiger partial charge is 0.317 e. The van der Waals surface area contributed by atoms with E-state index in [1.54, 1.807) is 0 Å². The van der Waals surface area contributed by atoms with Crippen LogP contribution in [-0.2, 0) is 0 Å². The lowest BCUT2D eigenvalue weighted by atomic mass is 9.99. The first-order valence-electron chi connectivity index (χ1n) is 4.69. The number of rotatable bonds is 2. The molecule has 0 spiro atoms. The molecule has 0 saturated carbocycles. The van der Waals surface area contributed by atoms with Crippen molar-refractivity contribution in [2.75, 3.05) is 20.1 Å². The summed E-state index contributed by atoms with van der Waals surface area (Å²) in [5, 5.41) is 3.35. The summed E-state index contributed by atoms with van der Waals surface area (Å²) < 4.78 is 0. The van der Waals surface area contributed by atoms with Gasteiger partial charge in [-0.05, 0) is 39.9 Å². The van der Waals surface area contributed by atoms with Gasteiger partial charge >= 0.3 is 0 Å². The van der Waals surface area contributed by atoms with E-state index in [0.29, 0.717) is 0 Å². The molecule has 1 N–H and O–H groups in total. The summed E-state index contributed by atoms with van der Waals surface area (Å²) in [7, 11) is 2.07. The molecule has 1 rings (SSSR count). The average Bonchev–Trinajstić information content (AvgIpc) is 2.04. The fourth-order valence-corrected chi connectivity index (χ4v) is 1.95. The quantitative estimate of drug-likeness (QED) is 0.643. The summed E-state index contributed by atoms with van der Waals surface area (Å²) in [5.74, 6) is 0. The fourth-order valence-electron chi connectivity index (χ4n) is 1.95. The van der Waals surface area contributed by atoms with Crippen LogP contribution < -0.4 is 5.32 Å². The van der Waals surface area contributed by atoms with Crippen LogP contribution in [-0.4, -0.2) is 37.1 Å². The van der Waals surface area contributed by atoms with Crippen molar-refractivity contribution in [3.8, 4) is 0 Å². The summed E-state index contributed by atoms with van der Waals surface area (Å²) in [6, 6.07) is 1.53. The third kappa shape index (κ3) is 2.17. The van der Waals surface area contributed by atoms with Crippen LogP contribution in [0, 0.1) is 0 Å². The van der Waals surface area contributed by atoms with Crippen molar-refractivity contribution in [3.05, 3.63) is 0 Å². The average molecular weight is 156 g/mol. The van der Waals surface area contributed by atoms with Gasteiger partial charge < -0.3 is 10.2 Å². The van der Waals surface area contributed by atoms with E-state index in [4.69, 9.17) is 0 Å². The first-order valence-corrected chi connectivity index (χ1v) is 4.69. The maximum atomic E-state index is 3.35. The molecule has 2 nitrogen and oxygen atoms in total. The molecule has 0 bridgehead atoms. The van der Waals surface area contributed by atoms with Crippen LogP contribution in [0.3, 0.4) is 0 Å². The molecular weight excluding hydrogens is 136 g/mol. The Morgan fingerprint density at radius 2 is 2.27 bits per heavy atom. The molecule has 0 aromatic carbocycles. The van der Waals surface area contributed by atoms with Gasteiger partial charge in [0.2, 0.25) is 0 Å². The topological polar surface area (TPSA) is 15.3 Å². The predicted octanol–water partition coefficient (Wildman–Crippen LogP) is 1.08. The highest BCUT2D eigenvalue weighted by Gasteiger charge is 2.22. The van der Waals surface area contributed by atoms with E-state index in [2.05, 4.69) is 31.1 Å². The second-order valence-electron chi connectivity index (χ2n) is 3.49. The molecule has 0 aliphatic carbocycles. The van der Waals surface area contributed by atoms with Gasteiger partial charge in [0.1, 0.15) is 0 Å². The molecular formula is C9H20N2. The molecule has 2 atom stereocenters. The van der Waals surface area contributed by atoms with Crippen molar-refractivity contribution in [2.45, 2.75) is 38.8 Å². The highest BCUT2D eigenvalue weighted by atomic mass is 15.2. The molecule has 0 aromatic heterocycles. The Balaban J connectivity index is 2.34. The Bertz CT molecular complexity index is 114. The number of likely N-dealkylation sites (tertiary alicyclic amines) is 1. The van der Waals surface area contributed by atoms with Crippen LogP contribution in [0.15, 0.2) is 0 Å². The van der Waals surface area contributed by atoms with Gasteiger partial charge in [0, 0.05) is 12.1 Å². The molecule has 0 amide bonds. The van der Waals surface area contributed by atoms with Crippen molar-refractivity contribution in [3.63, 3.8) is 0 Å². The van der Waals surface area contributed by atoms with E-state index in [9.17, 15) is 0 Å². The first-order chi connectivity index (χ1) is 5.27. The number of nitrogens with one attached hydrogen (secondary N) is 1. The zero-order chi connectivity index (χ0) is 8.27. The highest BCUT2D eigenvalue weighted by Crippen LogP contribution is 2.15. The molecule has 1 saturated heterocycles. The monoisotopic (exact) mass is 156 g/mol. The molecule has 0 radical (unpaired) electrons. The minimum atomic E-state index is 0.757. The molecule has 66 valence electrons. The Kier molecular flexibility index (Phi) is 3.34. The maximum Gasteiger partial charge on any atom is 0.00910 e. The van der Waals surface area contributed by atoms with E-state index in [0.717, 1.165) is 12.1 Å². The highest BCUT2D eigenvalue weighted by molar-refractivity contribution is 4.81. The van der Waals surface area contributed by atoms with Gasteiger partial charge in [0.25, 0.3) is 0 Å². The van der Waals surface area contributed by atoms with Gasteiger partial charge in [-0.15, -0.1) is 0 Å². The maximum absolute atomic E-state index is 3.35. The van der Waals surface area contributed by atoms with Gasteiger partial charge in [-0.25, -0.2) is 0 Å². The SMILES string of the molecule is CCN1CC[C@@H](NC)C[C@@H]1C. The minimum Gasteiger partial charge on any atom is -0.317 e. The summed E-state index contributed by atoms with van der Waals surface area (Å²) in [6.07, 6.45) is 2.62. The molecule has 1 heterocycles. The molecule has 0 aromatic rings. The van der Waals surface area contributed by atoms with E-state index in [-0.39, 0.29) is 0 Å². The van der Waals surface area contributed by atoms with E-state index >= 15 is 0 Å². The predicted molar refractivity (Wildman–Crippen MR) is 48.8 cm³/mol. The lowest BCUT2D eigenvalue weighted by Crippen LogP contribution is -2.46.